The Morgan fingerprint density at radius 1 is 0.885 bits per heavy atom. The van der Waals surface area contributed by atoms with Crippen molar-refractivity contribution in [2.45, 2.75) is 31.1 Å². The number of hydrogen-bond donors (Lipinski definition) is 0. The third-order valence-corrected chi connectivity index (χ3v) is 7.20. The Kier molecular flexibility index (Phi) is 3.00. The Hall–Kier alpha value is -2.13. The van der Waals surface area contributed by atoms with Crippen LogP contribution in [0.5, 0.6) is 5.88 Å². The molecule has 1 spiro atoms. The van der Waals surface area contributed by atoms with Gasteiger partial charge in [-0.25, -0.2) is 4.98 Å². The molecule has 0 radical (unpaired) electrons. The Morgan fingerprint density at radius 3 is 2.62 bits per heavy atom. The second-order valence-electron chi connectivity index (χ2n) is 7.76. The van der Waals surface area contributed by atoms with E-state index in [1.54, 1.807) is 0 Å². The second-order valence-corrected chi connectivity index (χ2v) is 8.55. The average molecular weight is 404 g/mol. The first-order chi connectivity index (χ1) is 12.8. The molecule has 1 aliphatic carbocycles. The summed E-state index contributed by atoms with van der Waals surface area (Å²) in [7, 11) is 0. The van der Waals surface area contributed by atoms with Crippen molar-refractivity contribution in [2.75, 3.05) is 6.61 Å². The first-order valence-corrected chi connectivity index (χ1v) is 10.1. The summed E-state index contributed by atoms with van der Waals surface area (Å²) in [5.41, 5.74) is 2.60. The third-order valence-electron chi connectivity index (χ3n) is 6.34. The van der Waals surface area contributed by atoms with E-state index in [0.29, 0.717) is 0 Å². The fourth-order valence-corrected chi connectivity index (χ4v) is 5.65. The molecular weight excluding hydrogens is 386 g/mol. The highest BCUT2D eigenvalue weighted by Gasteiger charge is 2.43. The maximum atomic E-state index is 6.09. The molecule has 1 saturated carbocycles. The molecule has 128 valence electrons. The Labute approximate surface area is 160 Å². The number of benzene rings is 3. The second kappa shape index (κ2) is 5.20. The molecule has 0 saturated heterocycles. The lowest BCUT2D eigenvalue weighted by molar-refractivity contribution is 0.262. The number of aromatic nitrogens is 1. The predicted molar refractivity (Wildman–Crippen MR) is 110 cm³/mol. The number of ether oxygens (including phenoxy) is 1. The molecule has 2 heterocycles. The van der Waals surface area contributed by atoms with E-state index in [1.807, 2.05) is 0 Å². The van der Waals surface area contributed by atoms with E-state index >= 15 is 0 Å². The van der Waals surface area contributed by atoms with Crippen molar-refractivity contribution in [3.8, 4) is 5.88 Å². The van der Waals surface area contributed by atoms with Gasteiger partial charge < -0.3 is 4.74 Å². The summed E-state index contributed by atoms with van der Waals surface area (Å²) in [6, 6.07) is 17.5. The van der Waals surface area contributed by atoms with E-state index in [-0.39, 0.29) is 5.41 Å². The van der Waals surface area contributed by atoms with Crippen LogP contribution in [-0.2, 0) is 5.41 Å². The molecule has 0 N–H and O–H groups in total. The minimum Gasteiger partial charge on any atom is -0.476 e. The van der Waals surface area contributed by atoms with Crippen LogP contribution in [-0.4, -0.2) is 11.6 Å². The fraction of sp³-hybridized carbons (Fsp3) is 0.261. The van der Waals surface area contributed by atoms with Gasteiger partial charge in [0.1, 0.15) is 0 Å². The summed E-state index contributed by atoms with van der Waals surface area (Å²) in [5.74, 6) is 0.858. The van der Waals surface area contributed by atoms with Gasteiger partial charge in [0.2, 0.25) is 5.88 Å². The van der Waals surface area contributed by atoms with Gasteiger partial charge in [-0.15, -0.1) is 0 Å². The van der Waals surface area contributed by atoms with Crippen LogP contribution in [0.3, 0.4) is 0 Å². The molecule has 1 aromatic heterocycles. The van der Waals surface area contributed by atoms with Gasteiger partial charge in [0.25, 0.3) is 0 Å². The average Bonchev–Trinajstić information content (AvgIpc) is 3.29. The molecule has 1 fully saturated rings. The zero-order valence-electron chi connectivity index (χ0n) is 14.4. The van der Waals surface area contributed by atoms with Gasteiger partial charge in [0.15, 0.2) is 0 Å². The number of nitrogens with zero attached hydrogens (tertiary/aromatic N) is 1. The van der Waals surface area contributed by atoms with Crippen molar-refractivity contribution in [1.29, 1.82) is 0 Å². The standard InChI is InChI=1S/C23H18BrNO/c24-20-16-6-2-1-5-14(16)11-18-17(20)8-7-15-12-19-22(25-21(15)18)26-13-23(19)9-3-4-10-23/h1-2,5-8,11-12H,3-4,9-10,13H2. The number of pyridine rings is 1. The quantitative estimate of drug-likeness (QED) is 0.246. The van der Waals surface area contributed by atoms with Crippen LogP contribution in [0.4, 0.5) is 0 Å². The lowest BCUT2D eigenvalue weighted by Crippen LogP contribution is -2.23. The smallest absolute Gasteiger partial charge is 0.217 e. The lowest BCUT2D eigenvalue weighted by atomic mass is 9.81. The van der Waals surface area contributed by atoms with Crippen molar-refractivity contribution < 1.29 is 4.74 Å². The summed E-state index contributed by atoms with van der Waals surface area (Å²) in [5, 5.41) is 6.08. The van der Waals surface area contributed by atoms with Crippen molar-refractivity contribution in [1.82, 2.24) is 4.98 Å². The van der Waals surface area contributed by atoms with E-state index in [4.69, 9.17) is 9.72 Å². The topological polar surface area (TPSA) is 22.1 Å². The highest BCUT2D eigenvalue weighted by atomic mass is 79.9. The summed E-state index contributed by atoms with van der Waals surface area (Å²) < 4.78 is 7.23. The molecule has 0 atom stereocenters. The summed E-state index contributed by atoms with van der Waals surface area (Å²) in [6.45, 7) is 0.802. The molecule has 0 unspecified atom stereocenters. The summed E-state index contributed by atoms with van der Waals surface area (Å²) in [4.78, 5) is 5.01. The zero-order chi connectivity index (χ0) is 17.3. The highest BCUT2D eigenvalue weighted by Crippen LogP contribution is 2.49. The largest absolute Gasteiger partial charge is 0.476 e. The van der Waals surface area contributed by atoms with E-state index in [1.165, 1.54) is 58.2 Å². The van der Waals surface area contributed by atoms with E-state index in [9.17, 15) is 0 Å². The van der Waals surface area contributed by atoms with Crippen LogP contribution in [0.25, 0.3) is 32.4 Å². The van der Waals surface area contributed by atoms with Crippen molar-refractivity contribution in [2.24, 2.45) is 0 Å². The molecule has 26 heavy (non-hydrogen) atoms. The van der Waals surface area contributed by atoms with Crippen LogP contribution in [0, 0.1) is 0 Å². The highest BCUT2D eigenvalue weighted by molar-refractivity contribution is 9.10. The van der Waals surface area contributed by atoms with E-state index < -0.39 is 0 Å². The Balaban J connectivity index is 1.69. The first-order valence-electron chi connectivity index (χ1n) is 9.33. The normalized spacial score (nSPS) is 18.0. The molecule has 1 aliphatic heterocycles. The van der Waals surface area contributed by atoms with Crippen LogP contribution in [0.1, 0.15) is 31.2 Å². The van der Waals surface area contributed by atoms with Gasteiger partial charge in [-0.05, 0) is 57.1 Å². The monoisotopic (exact) mass is 403 g/mol. The first kappa shape index (κ1) is 15.0. The minimum atomic E-state index is 0.218. The third kappa shape index (κ3) is 1.90. The zero-order valence-corrected chi connectivity index (χ0v) is 16.0. The SMILES string of the molecule is Brc1c2ccccc2cc2c1ccc1cc3c(nc12)OCC31CCCC1. The molecule has 3 aromatic carbocycles. The number of fused-ring (bicyclic) bond motifs is 6. The molecule has 0 bridgehead atoms. The molecule has 2 nitrogen and oxygen atoms in total. The fourth-order valence-electron chi connectivity index (χ4n) is 4.95. The maximum absolute atomic E-state index is 6.09. The Morgan fingerprint density at radius 2 is 1.73 bits per heavy atom. The molecular formula is C23H18BrNO. The van der Waals surface area contributed by atoms with Crippen LogP contribution < -0.4 is 4.74 Å². The van der Waals surface area contributed by atoms with Crippen LogP contribution in [0.2, 0.25) is 0 Å². The van der Waals surface area contributed by atoms with E-state index in [0.717, 1.165) is 22.5 Å². The van der Waals surface area contributed by atoms with Gasteiger partial charge in [-0.2, -0.15) is 0 Å². The molecule has 2 aliphatic rings. The molecule has 3 heteroatoms. The molecule has 4 aromatic rings. The number of hydrogen-bond acceptors (Lipinski definition) is 2. The lowest BCUT2D eigenvalue weighted by Gasteiger charge is -2.20. The van der Waals surface area contributed by atoms with Crippen LogP contribution >= 0.6 is 15.9 Å². The predicted octanol–water partition coefficient (Wildman–Crippen LogP) is 6.51. The van der Waals surface area contributed by atoms with Gasteiger partial charge in [-0.3, -0.25) is 0 Å². The van der Waals surface area contributed by atoms with Crippen molar-refractivity contribution in [3.05, 3.63) is 58.6 Å². The van der Waals surface area contributed by atoms with Crippen LogP contribution in [0.15, 0.2) is 53.0 Å². The maximum Gasteiger partial charge on any atom is 0.217 e. The van der Waals surface area contributed by atoms with E-state index in [2.05, 4.69) is 64.5 Å². The summed E-state index contributed by atoms with van der Waals surface area (Å²) >= 11 is 3.82. The number of halogens is 1. The number of rotatable bonds is 0. The van der Waals surface area contributed by atoms with Gasteiger partial charge >= 0.3 is 0 Å². The van der Waals surface area contributed by atoms with Crippen molar-refractivity contribution >= 4 is 48.4 Å². The van der Waals surface area contributed by atoms with Gasteiger partial charge in [0, 0.05) is 26.2 Å². The van der Waals surface area contributed by atoms with Gasteiger partial charge in [-0.1, -0.05) is 49.2 Å². The Bertz CT molecular complexity index is 1210. The molecule has 0 amide bonds. The van der Waals surface area contributed by atoms with Gasteiger partial charge in [0.05, 0.1) is 12.1 Å². The minimum absolute atomic E-state index is 0.218. The van der Waals surface area contributed by atoms with Crippen molar-refractivity contribution in [3.63, 3.8) is 0 Å². The summed E-state index contributed by atoms with van der Waals surface area (Å²) in [6.07, 6.45) is 5.07. The molecule has 6 rings (SSSR count).